The number of benzene rings is 2. The topological polar surface area (TPSA) is 41.1 Å². The Morgan fingerprint density at radius 3 is 2.42 bits per heavy atom. The van der Waals surface area contributed by atoms with E-state index in [-0.39, 0.29) is 29.6 Å². The second-order valence-corrected chi connectivity index (χ2v) is 6.40. The monoisotopic (exact) mass is 368 g/mol. The molecule has 0 unspecified atom stereocenters. The average molecular weight is 369 g/mol. The molecule has 0 saturated heterocycles. The number of hydrogen-bond acceptors (Lipinski definition) is 2. The van der Waals surface area contributed by atoms with Crippen LogP contribution in [0.5, 0.6) is 0 Å². The van der Waals surface area contributed by atoms with Gasteiger partial charge in [0.25, 0.3) is 0 Å². The lowest BCUT2D eigenvalue weighted by Gasteiger charge is -2.18. The van der Waals surface area contributed by atoms with Crippen LogP contribution >= 0.6 is 23.2 Å². The van der Waals surface area contributed by atoms with Gasteiger partial charge in [-0.1, -0.05) is 53.5 Å². The van der Waals surface area contributed by atoms with Gasteiger partial charge in [-0.2, -0.15) is 0 Å². The van der Waals surface area contributed by atoms with Crippen LogP contribution in [0, 0.1) is 5.82 Å². The Hall–Kier alpha value is -1.62. The van der Waals surface area contributed by atoms with Crippen LogP contribution in [0.1, 0.15) is 37.1 Å². The van der Waals surface area contributed by atoms with Gasteiger partial charge in [-0.25, -0.2) is 4.39 Å². The quantitative estimate of drug-likeness (QED) is 0.727. The van der Waals surface area contributed by atoms with Gasteiger partial charge >= 0.3 is 0 Å². The molecular weight excluding hydrogens is 350 g/mol. The zero-order valence-corrected chi connectivity index (χ0v) is 15.0. The summed E-state index contributed by atoms with van der Waals surface area (Å²) >= 11 is 11.8. The van der Waals surface area contributed by atoms with Crippen LogP contribution in [0.25, 0.3) is 0 Å². The van der Waals surface area contributed by atoms with Crippen LogP contribution in [0.2, 0.25) is 10.0 Å². The van der Waals surface area contributed by atoms with Crippen molar-refractivity contribution in [3.8, 4) is 0 Å². The minimum atomic E-state index is -0.535. The van der Waals surface area contributed by atoms with Crippen molar-refractivity contribution in [3.63, 3.8) is 0 Å². The second kappa shape index (κ2) is 8.47. The summed E-state index contributed by atoms with van der Waals surface area (Å²) in [4.78, 5) is 12.1. The molecule has 2 rings (SSSR count). The third-order valence-corrected chi connectivity index (χ3v) is 4.37. The van der Waals surface area contributed by atoms with Crippen molar-refractivity contribution >= 4 is 29.1 Å². The first-order valence-electron chi connectivity index (χ1n) is 7.60. The van der Waals surface area contributed by atoms with Crippen LogP contribution < -0.4 is 10.6 Å². The lowest BCUT2D eigenvalue weighted by Crippen LogP contribution is -2.36. The van der Waals surface area contributed by atoms with Crippen molar-refractivity contribution in [1.82, 2.24) is 10.6 Å². The Morgan fingerprint density at radius 2 is 1.75 bits per heavy atom. The Morgan fingerprint density at radius 1 is 1.08 bits per heavy atom. The van der Waals surface area contributed by atoms with E-state index in [1.807, 2.05) is 44.2 Å². The SMILES string of the molecule is C[C@H](NC(=O)CN[C@@H](C)c1cc(F)c(Cl)cc1Cl)c1ccccc1. The summed E-state index contributed by atoms with van der Waals surface area (Å²) in [6, 6.07) is 12.0. The molecule has 0 aliphatic heterocycles. The van der Waals surface area contributed by atoms with E-state index in [1.54, 1.807) is 0 Å². The van der Waals surface area contributed by atoms with Crippen molar-refractivity contribution in [3.05, 3.63) is 69.5 Å². The first kappa shape index (κ1) is 18.7. The highest BCUT2D eigenvalue weighted by Gasteiger charge is 2.15. The second-order valence-electron chi connectivity index (χ2n) is 5.59. The maximum absolute atomic E-state index is 13.6. The number of amides is 1. The van der Waals surface area contributed by atoms with Gasteiger partial charge in [-0.05, 0) is 37.1 Å². The van der Waals surface area contributed by atoms with Crippen LogP contribution in [0.4, 0.5) is 4.39 Å². The molecule has 2 N–H and O–H groups in total. The predicted molar refractivity (Wildman–Crippen MR) is 95.8 cm³/mol. The van der Waals surface area contributed by atoms with Crippen molar-refractivity contribution in [2.75, 3.05) is 6.54 Å². The minimum Gasteiger partial charge on any atom is -0.348 e. The molecule has 0 radical (unpaired) electrons. The number of rotatable bonds is 6. The first-order valence-corrected chi connectivity index (χ1v) is 8.36. The summed E-state index contributed by atoms with van der Waals surface area (Å²) in [6.45, 7) is 3.82. The fourth-order valence-corrected chi connectivity index (χ4v) is 2.89. The summed E-state index contributed by atoms with van der Waals surface area (Å²) in [5.41, 5.74) is 1.59. The largest absolute Gasteiger partial charge is 0.348 e. The molecule has 24 heavy (non-hydrogen) atoms. The van der Waals surface area contributed by atoms with Crippen molar-refractivity contribution in [2.45, 2.75) is 25.9 Å². The zero-order valence-electron chi connectivity index (χ0n) is 13.4. The highest BCUT2D eigenvalue weighted by atomic mass is 35.5. The molecule has 0 heterocycles. The number of carbonyl (C=O) groups is 1. The highest BCUT2D eigenvalue weighted by Crippen LogP contribution is 2.28. The number of hydrogen-bond donors (Lipinski definition) is 2. The molecule has 128 valence electrons. The molecule has 0 aliphatic rings. The van der Waals surface area contributed by atoms with Gasteiger partial charge in [0.05, 0.1) is 17.6 Å². The van der Waals surface area contributed by atoms with Crippen molar-refractivity contribution < 1.29 is 9.18 Å². The van der Waals surface area contributed by atoms with Gasteiger partial charge in [0.2, 0.25) is 5.91 Å². The van der Waals surface area contributed by atoms with E-state index in [1.165, 1.54) is 12.1 Å². The molecule has 0 aliphatic carbocycles. The van der Waals surface area contributed by atoms with E-state index in [4.69, 9.17) is 23.2 Å². The molecule has 2 aromatic carbocycles. The van der Waals surface area contributed by atoms with Gasteiger partial charge < -0.3 is 10.6 Å². The minimum absolute atomic E-state index is 0.0228. The molecule has 0 spiro atoms. The summed E-state index contributed by atoms with van der Waals surface area (Å²) in [5.74, 6) is -0.685. The molecule has 2 atom stereocenters. The molecule has 2 aromatic rings. The molecule has 0 bridgehead atoms. The smallest absolute Gasteiger partial charge is 0.234 e. The van der Waals surface area contributed by atoms with Gasteiger partial charge in [-0.3, -0.25) is 4.79 Å². The third-order valence-electron chi connectivity index (χ3n) is 3.75. The first-order chi connectivity index (χ1) is 11.4. The molecule has 0 aromatic heterocycles. The predicted octanol–water partition coefficient (Wildman–Crippen LogP) is 4.66. The number of nitrogens with one attached hydrogen (secondary N) is 2. The van der Waals surface area contributed by atoms with Gasteiger partial charge in [0, 0.05) is 11.1 Å². The molecule has 0 fully saturated rings. The third kappa shape index (κ3) is 4.94. The van der Waals surface area contributed by atoms with E-state index in [0.717, 1.165) is 5.56 Å². The molecule has 3 nitrogen and oxygen atoms in total. The van der Waals surface area contributed by atoms with Gasteiger partial charge in [-0.15, -0.1) is 0 Å². The van der Waals surface area contributed by atoms with Crippen molar-refractivity contribution in [2.24, 2.45) is 0 Å². The summed E-state index contributed by atoms with van der Waals surface area (Å²) in [6.07, 6.45) is 0. The number of halogens is 3. The average Bonchev–Trinajstić information content (AvgIpc) is 2.56. The van der Waals surface area contributed by atoms with E-state index in [2.05, 4.69) is 10.6 Å². The summed E-state index contributed by atoms with van der Waals surface area (Å²) in [7, 11) is 0. The van der Waals surface area contributed by atoms with E-state index in [9.17, 15) is 9.18 Å². The fourth-order valence-electron chi connectivity index (χ4n) is 2.34. The summed E-state index contributed by atoms with van der Waals surface area (Å²) < 4.78 is 13.6. The molecular formula is C18H19Cl2FN2O. The highest BCUT2D eigenvalue weighted by molar-refractivity contribution is 6.35. The van der Waals surface area contributed by atoms with Crippen LogP contribution in [-0.4, -0.2) is 12.5 Å². The fraction of sp³-hybridized carbons (Fsp3) is 0.278. The van der Waals surface area contributed by atoms with Crippen LogP contribution in [-0.2, 0) is 4.79 Å². The molecule has 6 heteroatoms. The van der Waals surface area contributed by atoms with E-state index < -0.39 is 5.82 Å². The molecule has 1 amide bonds. The Kier molecular flexibility index (Phi) is 6.60. The van der Waals surface area contributed by atoms with Crippen LogP contribution in [0.15, 0.2) is 42.5 Å². The maximum Gasteiger partial charge on any atom is 0.234 e. The van der Waals surface area contributed by atoms with Crippen molar-refractivity contribution in [1.29, 1.82) is 0 Å². The standard InChI is InChI=1S/C18H19Cl2FN2O/c1-11(13-6-4-3-5-7-13)23-18(24)10-22-12(2)14-8-17(21)16(20)9-15(14)19/h3-9,11-12,22H,10H2,1-2H3,(H,23,24)/t11-,12-/m0/s1. The van der Waals surface area contributed by atoms with Gasteiger partial charge in [0.15, 0.2) is 0 Å². The maximum atomic E-state index is 13.6. The summed E-state index contributed by atoms with van der Waals surface area (Å²) in [5, 5.41) is 6.28. The molecule has 0 saturated carbocycles. The van der Waals surface area contributed by atoms with Crippen LogP contribution in [0.3, 0.4) is 0 Å². The Bertz CT molecular complexity index is 710. The van der Waals surface area contributed by atoms with Gasteiger partial charge in [0.1, 0.15) is 5.82 Å². The Balaban J connectivity index is 1.91. The number of carbonyl (C=O) groups excluding carboxylic acids is 1. The lowest BCUT2D eigenvalue weighted by atomic mass is 10.1. The Labute approximate surface area is 151 Å². The zero-order chi connectivity index (χ0) is 17.7. The lowest BCUT2D eigenvalue weighted by molar-refractivity contribution is -0.121. The van der Waals surface area contributed by atoms with E-state index >= 15 is 0 Å². The van der Waals surface area contributed by atoms with E-state index in [0.29, 0.717) is 10.6 Å². The normalized spacial score (nSPS) is 13.4.